The van der Waals surface area contributed by atoms with E-state index in [0.717, 1.165) is 5.56 Å². The van der Waals surface area contributed by atoms with Gasteiger partial charge in [-0.1, -0.05) is 43.0 Å². The molecule has 0 aliphatic rings. The SMILES string of the molecule is C=C(C)C(=O)N(Cc1ccccc1)OC(C)/C=C/C(C)=O. The molecule has 0 saturated heterocycles. The molecule has 1 atom stereocenters. The number of hydrogen-bond acceptors (Lipinski definition) is 3. The minimum absolute atomic E-state index is 0.0636. The number of hydrogen-bond donors (Lipinski definition) is 0. The minimum atomic E-state index is -0.388. The third-order valence-electron chi connectivity index (χ3n) is 2.66. The molecule has 1 unspecified atom stereocenters. The molecule has 1 rings (SSSR count). The molecule has 0 aliphatic heterocycles. The van der Waals surface area contributed by atoms with Crippen LogP contribution in [0.4, 0.5) is 0 Å². The Morgan fingerprint density at radius 2 is 1.90 bits per heavy atom. The lowest BCUT2D eigenvalue weighted by atomic mass is 10.2. The van der Waals surface area contributed by atoms with Crippen LogP contribution in [0.1, 0.15) is 26.3 Å². The first kappa shape index (κ1) is 16.9. The van der Waals surface area contributed by atoms with Crippen LogP contribution in [0.5, 0.6) is 0 Å². The lowest BCUT2D eigenvalue weighted by Gasteiger charge is -2.24. The van der Waals surface area contributed by atoms with Gasteiger partial charge in [-0.25, -0.2) is 5.06 Å². The van der Waals surface area contributed by atoms with Gasteiger partial charge < -0.3 is 0 Å². The highest BCUT2D eigenvalue weighted by Gasteiger charge is 2.17. The fraction of sp³-hybridized carbons (Fsp3) is 0.294. The summed E-state index contributed by atoms with van der Waals surface area (Å²) in [7, 11) is 0. The zero-order valence-electron chi connectivity index (χ0n) is 12.7. The maximum Gasteiger partial charge on any atom is 0.272 e. The average Bonchev–Trinajstić information content (AvgIpc) is 2.44. The summed E-state index contributed by atoms with van der Waals surface area (Å²) in [4.78, 5) is 28.7. The number of allylic oxidation sites excluding steroid dienone is 1. The Kier molecular flexibility index (Phi) is 6.56. The molecule has 112 valence electrons. The molecule has 1 aromatic rings. The molecule has 0 bridgehead atoms. The summed E-state index contributed by atoms with van der Waals surface area (Å²) < 4.78 is 0. The maximum atomic E-state index is 12.1. The first-order chi connectivity index (χ1) is 9.90. The Hall–Kier alpha value is -2.20. The van der Waals surface area contributed by atoms with Crippen molar-refractivity contribution in [3.63, 3.8) is 0 Å². The lowest BCUT2D eigenvalue weighted by molar-refractivity contribution is -0.196. The van der Waals surface area contributed by atoms with Gasteiger partial charge in [-0.3, -0.25) is 14.4 Å². The molecule has 0 N–H and O–H groups in total. The number of rotatable bonds is 7. The molecule has 0 spiro atoms. The summed E-state index contributed by atoms with van der Waals surface area (Å²) in [5.74, 6) is -0.340. The van der Waals surface area contributed by atoms with E-state index >= 15 is 0 Å². The predicted molar refractivity (Wildman–Crippen MR) is 82.2 cm³/mol. The molecule has 0 radical (unpaired) electrons. The second kappa shape index (κ2) is 8.17. The number of carbonyl (C=O) groups is 2. The van der Waals surface area contributed by atoms with Crippen molar-refractivity contribution in [3.8, 4) is 0 Å². The van der Waals surface area contributed by atoms with Gasteiger partial charge >= 0.3 is 0 Å². The number of benzene rings is 1. The largest absolute Gasteiger partial charge is 0.295 e. The lowest BCUT2D eigenvalue weighted by Crippen LogP contribution is -2.33. The summed E-state index contributed by atoms with van der Waals surface area (Å²) in [6, 6.07) is 9.54. The van der Waals surface area contributed by atoms with Crippen molar-refractivity contribution in [2.75, 3.05) is 0 Å². The Balaban J connectivity index is 2.80. The smallest absolute Gasteiger partial charge is 0.272 e. The average molecular weight is 287 g/mol. The van der Waals surface area contributed by atoms with Crippen LogP contribution < -0.4 is 0 Å². The molecular weight excluding hydrogens is 266 g/mol. The van der Waals surface area contributed by atoms with Gasteiger partial charge in [0, 0.05) is 5.57 Å². The van der Waals surface area contributed by atoms with Gasteiger partial charge in [-0.2, -0.15) is 0 Å². The quantitative estimate of drug-likeness (QED) is 0.572. The van der Waals surface area contributed by atoms with Crippen molar-refractivity contribution in [1.82, 2.24) is 5.06 Å². The van der Waals surface area contributed by atoms with Crippen LogP contribution in [-0.2, 0) is 21.0 Å². The molecule has 0 aromatic heterocycles. The molecule has 0 saturated carbocycles. The number of nitrogens with zero attached hydrogens (tertiary/aromatic N) is 1. The summed E-state index contributed by atoms with van der Waals surface area (Å²) in [6.45, 7) is 8.85. The Morgan fingerprint density at radius 1 is 1.29 bits per heavy atom. The number of amides is 1. The standard InChI is InChI=1S/C17H21NO3/c1-13(2)17(20)18(12-16-8-6-5-7-9-16)21-15(4)11-10-14(3)19/h5-11,15H,1,12H2,2-4H3/b11-10+. The number of hydroxylamine groups is 2. The van der Waals surface area contributed by atoms with Gasteiger partial charge in [0.2, 0.25) is 0 Å². The zero-order valence-corrected chi connectivity index (χ0v) is 12.7. The van der Waals surface area contributed by atoms with Crippen molar-refractivity contribution in [2.24, 2.45) is 0 Å². The van der Waals surface area contributed by atoms with E-state index in [1.807, 2.05) is 30.3 Å². The van der Waals surface area contributed by atoms with E-state index in [4.69, 9.17) is 4.84 Å². The fourth-order valence-electron chi connectivity index (χ4n) is 1.63. The van der Waals surface area contributed by atoms with Crippen molar-refractivity contribution < 1.29 is 14.4 Å². The molecule has 1 aromatic carbocycles. The molecule has 0 aliphatic carbocycles. The molecule has 0 fully saturated rings. The highest BCUT2D eigenvalue weighted by atomic mass is 16.7. The van der Waals surface area contributed by atoms with Crippen LogP contribution in [-0.4, -0.2) is 22.9 Å². The topological polar surface area (TPSA) is 46.6 Å². The second-order valence-electron chi connectivity index (χ2n) is 4.89. The van der Waals surface area contributed by atoms with E-state index in [1.165, 1.54) is 18.1 Å². The molecule has 21 heavy (non-hydrogen) atoms. The Bertz CT molecular complexity index is 534. The molecular formula is C17H21NO3. The van der Waals surface area contributed by atoms with E-state index in [0.29, 0.717) is 12.1 Å². The first-order valence-electron chi connectivity index (χ1n) is 6.77. The van der Waals surface area contributed by atoms with Gasteiger partial charge in [0.05, 0.1) is 6.54 Å². The minimum Gasteiger partial charge on any atom is -0.295 e. The van der Waals surface area contributed by atoms with Crippen LogP contribution in [0.25, 0.3) is 0 Å². The van der Waals surface area contributed by atoms with Crippen LogP contribution in [0, 0.1) is 0 Å². The van der Waals surface area contributed by atoms with Crippen LogP contribution in [0.2, 0.25) is 0 Å². The monoisotopic (exact) mass is 287 g/mol. The van der Waals surface area contributed by atoms with E-state index in [-0.39, 0.29) is 17.8 Å². The van der Waals surface area contributed by atoms with Gasteiger partial charge in [-0.15, -0.1) is 0 Å². The van der Waals surface area contributed by atoms with Gasteiger partial charge in [0.1, 0.15) is 6.10 Å². The predicted octanol–water partition coefficient (Wildman–Crippen LogP) is 3.06. The van der Waals surface area contributed by atoms with Crippen molar-refractivity contribution in [3.05, 3.63) is 60.2 Å². The normalized spacial score (nSPS) is 12.1. The number of ketones is 1. The third-order valence-corrected chi connectivity index (χ3v) is 2.66. The molecule has 4 nitrogen and oxygen atoms in total. The zero-order chi connectivity index (χ0) is 15.8. The third kappa shape index (κ3) is 6.19. The summed E-state index contributed by atoms with van der Waals surface area (Å²) >= 11 is 0. The fourth-order valence-corrected chi connectivity index (χ4v) is 1.63. The van der Waals surface area contributed by atoms with Gasteiger partial charge in [-0.05, 0) is 32.4 Å². The van der Waals surface area contributed by atoms with Crippen molar-refractivity contribution in [2.45, 2.75) is 33.4 Å². The number of carbonyl (C=O) groups excluding carboxylic acids is 2. The van der Waals surface area contributed by atoms with E-state index < -0.39 is 0 Å². The summed E-state index contributed by atoms with van der Waals surface area (Å²) in [5, 5.41) is 1.27. The maximum absolute atomic E-state index is 12.1. The van der Waals surface area contributed by atoms with E-state index in [2.05, 4.69) is 6.58 Å². The van der Waals surface area contributed by atoms with E-state index in [1.54, 1.807) is 19.9 Å². The first-order valence-corrected chi connectivity index (χ1v) is 6.77. The Labute approximate surface area is 125 Å². The highest BCUT2D eigenvalue weighted by Crippen LogP contribution is 2.11. The summed E-state index contributed by atoms with van der Waals surface area (Å²) in [5.41, 5.74) is 1.35. The van der Waals surface area contributed by atoms with Crippen molar-refractivity contribution >= 4 is 11.7 Å². The molecule has 4 heteroatoms. The molecule has 1 amide bonds. The van der Waals surface area contributed by atoms with Crippen LogP contribution in [0.15, 0.2) is 54.6 Å². The van der Waals surface area contributed by atoms with Gasteiger partial charge in [0.25, 0.3) is 5.91 Å². The second-order valence-corrected chi connectivity index (χ2v) is 4.89. The van der Waals surface area contributed by atoms with E-state index in [9.17, 15) is 9.59 Å². The van der Waals surface area contributed by atoms with Crippen LogP contribution in [0.3, 0.4) is 0 Å². The highest BCUT2D eigenvalue weighted by molar-refractivity contribution is 5.91. The van der Waals surface area contributed by atoms with Crippen molar-refractivity contribution in [1.29, 1.82) is 0 Å². The van der Waals surface area contributed by atoms with Gasteiger partial charge in [0.15, 0.2) is 5.78 Å². The molecule has 0 heterocycles. The Morgan fingerprint density at radius 3 is 2.43 bits per heavy atom. The summed E-state index contributed by atoms with van der Waals surface area (Å²) in [6.07, 6.45) is 2.66. The van der Waals surface area contributed by atoms with Crippen LogP contribution >= 0.6 is 0 Å².